The molecule has 1 unspecified atom stereocenters. The largest absolute Gasteiger partial charge is 0.349 e. The van der Waals surface area contributed by atoms with Gasteiger partial charge in [0.05, 0.1) is 23.5 Å². The monoisotopic (exact) mass is 293 g/mol. The average molecular weight is 294 g/mol. The van der Waals surface area contributed by atoms with Gasteiger partial charge in [0, 0.05) is 11.9 Å². The molecular weight excluding hydrogens is 278 g/mol. The smallest absolute Gasteiger partial charge is 0.244 e. The van der Waals surface area contributed by atoms with E-state index in [0.29, 0.717) is 11.6 Å². The molecule has 3 rings (SSSR count). The Hall–Kier alpha value is -1.82. The maximum Gasteiger partial charge on any atom is 0.244 e. The number of halogens is 1. The zero-order chi connectivity index (χ0) is 14.1. The third-order valence-corrected chi connectivity index (χ3v) is 3.86. The van der Waals surface area contributed by atoms with Gasteiger partial charge in [0.15, 0.2) is 0 Å². The first-order valence-corrected chi connectivity index (χ1v) is 7.05. The van der Waals surface area contributed by atoms with E-state index in [4.69, 9.17) is 11.6 Å². The predicted octanol–water partition coefficient (Wildman–Crippen LogP) is 1.63. The van der Waals surface area contributed by atoms with Crippen LogP contribution in [0.15, 0.2) is 12.4 Å². The topological polar surface area (TPSA) is 75.6 Å². The molecule has 2 N–H and O–H groups in total. The third-order valence-electron chi connectivity index (χ3n) is 3.67. The lowest BCUT2D eigenvalue weighted by Gasteiger charge is -2.12. The molecule has 1 atom stereocenters. The summed E-state index contributed by atoms with van der Waals surface area (Å²) in [7, 11) is 0. The van der Waals surface area contributed by atoms with E-state index in [0.717, 1.165) is 25.0 Å². The second-order valence-electron chi connectivity index (χ2n) is 5.01. The average Bonchev–Trinajstić information content (AvgIpc) is 3.11. The van der Waals surface area contributed by atoms with Gasteiger partial charge in [0.25, 0.3) is 0 Å². The van der Waals surface area contributed by atoms with Gasteiger partial charge in [-0.05, 0) is 31.7 Å². The summed E-state index contributed by atoms with van der Waals surface area (Å²) in [6.07, 6.45) is 6.41. The van der Waals surface area contributed by atoms with Crippen molar-refractivity contribution in [2.75, 3.05) is 0 Å². The number of H-pyrrole nitrogens is 1. The van der Waals surface area contributed by atoms with Gasteiger partial charge in [-0.2, -0.15) is 10.2 Å². The van der Waals surface area contributed by atoms with Gasteiger partial charge in [-0.3, -0.25) is 14.6 Å². The number of aryl methyl sites for hydroxylation is 1. The van der Waals surface area contributed by atoms with Crippen molar-refractivity contribution in [2.45, 2.75) is 38.8 Å². The number of hydrogen-bond donors (Lipinski definition) is 2. The van der Waals surface area contributed by atoms with Gasteiger partial charge in [-0.25, -0.2) is 0 Å². The van der Waals surface area contributed by atoms with Gasteiger partial charge in [0.2, 0.25) is 5.91 Å². The highest BCUT2D eigenvalue weighted by molar-refractivity contribution is 6.30. The summed E-state index contributed by atoms with van der Waals surface area (Å²) in [6.45, 7) is 2.23. The molecule has 6 nitrogen and oxygen atoms in total. The van der Waals surface area contributed by atoms with E-state index >= 15 is 0 Å². The first kappa shape index (κ1) is 13.2. The molecule has 2 aromatic rings. The molecule has 2 heterocycles. The van der Waals surface area contributed by atoms with Crippen molar-refractivity contribution in [1.29, 1.82) is 0 Å². The molecular formula is C13H16ClN5O. The maximum atomic E-state index is 12.1. The lowest BCUT2D eigenvalue weighted by molar-refractivity contribution is -0.124. The fourth-order valence-electron chi connectivity index (χ4n) is 2.50. The van der Waals surface area contributed by atoms with E-state index < -0.39 is 6.04 Å². The normalized spacial score (nSPS) is 15.1. The van der Waals surface area contributed by atoms with Gasteiger partial charge < -0.3 is 5.32 Å². The molecule has 0 aliphatic heterocycles. The van der Waals surface area contributed by atoms with E-state index in [1.165, 1.54) is 17.5 Å². The van der Waals surface area contributed by atoms with Crippen molar-refractivity contribution in [3.05, 3.63) is 34.4 Å². The number of rotatable bonds is 4. The molecule has 106 valence electrons. The van der Waals surface area contributed by atoms with Crippen molar-refractivity contribution in [3.63, 3.8) is 0 Å². The maximum absolute atomic E-state index is 12.1. The summed E-state index contributed by atoms with van der Waals surface area (Å²) in [5.74, 6) is -0.0977. The summed E-state index contributed by atoms with van der Waals surface area (Å²) >= 11 is 5.80. The fourth-order valence-corrected chi connectivity index (χ4v) is 2.64. The van der Waals surface area contributed by atoms with Crippen LogP contribution in [0.4, 0.5) is 0 Å². The highest BCUT2D eigenvalue weighted by Crippen LogP contribution is 2.22. The lowest BCUT2D eigenvalue weighted by atomic mass is 10.2. The van der Waals surface area contributed by atoms with Crippen LogP contribution >= 0.6 is 11.6 Å². The van der Waals surface area contributed by atoms with Gasteiger partial charge >= 0.3 is 0 Å². The van der Waals surface area contributed by atoms with Crippen LogP contribution in [0.5, 0.6) is 0 Å². The van der Waals surface area contributed by atoms with Crippen molar-refractivity contribution in [3.8, 4) is 0 Å². The second kappa shape index (κ2) is 5.28. The number of nitrogens with one attached hydrogen (secondary N) is 2. The standard InChI is InChI=1S/C13H16ClN5O/c1-8(19-7-9(14)5-16-19)13(20)15-6-12-10-3-2-4-11(10)17-18-12/h5,7-8H,2-4,6H2,1H3,(H,15,20)(H,17,18). The van der Waals surface area contributed by atoms with Crippen LogP contribution in [0.3, 0.4) is 0 Å². The van der Waals surface area contributed by atoms with E-state index in [9.17, 15) is 4.79 Å². The number of aromatic amines is 1. The number of amides is 1. The molecule has 0 saturated heterocycles. The number of fused-ring (bicyclic) bond motifs is 1. The molecule has 0 fully saturated rings. The van der Waals surface area contributed by atoms with Crippen LogP contribution < -0.4 is 5.32 Å². The molecule has 2 aromatic heterocycles. The molecule has 20 heavy (non-hydrogen) atoms. The highest BCUT2D eigenvalue weighted by atomic mass is 35.5. The van der Waals surface area contributed by atoms with Crippen LogP contribution in [-0.2, 0) is 24.2 Å². The summed E-state index contributed by atoms with van der Waals surface area (Å²) < 4.78 is 1.55. The quantitative estimate of drug-likeness (QED) is 0.899. The van der Waals surface area contributed by atoms with Gasteiger partial charge in [0.1, 0.15) is 6.04 Å². The predicted molar refractivity (Wildman–Crippen MR) is 74.4 cm³/mol. The molecule has 0 saturated carbocycles. The number of hydrogen-bond acceptors (Lipinski definition) is 3. The van der Waals surface area contributed by atoms with Crippen molar-refractivity contribution >= 4 is 17.5 Å². The Labute approximate surface area is 121 Å². The minimum atomic E-state index is -0.394. The Morgan fingerprint density at radius 3 is 3.20 bits per heavy atom. The fraction of sp³-hybridized carbons (Fsp3) is 0.462. The highest BCUT2D eigenvalue weighted by Gasteiger charge is 2.20. The second-order valence-corrected chi connectivity index (χ2v) is 5.45. The molecule has 1 amide bonds. The van der Waals surface area contributed by atoms with Crippen molar-refractivity contribution < 1.29 is 4.79 Å². The molecule has 0 bridgehead atoms. The van der Waals surface area contributed by atoms with Gasteiger partial charge in [-0.15, -0.1) is 0 Å². The summed E-state index contributed by atoms with van der Waals surface area (Å²) in [5, 5.41) is 14.8. The minimum Gasteiger partial charge on any atom is -0.349 e. The molecule has 0 radical (unpaired) electrons. The van der Waals surface area contributed by atoms with Crippen LogP contribution in [0, 0.1) is 0 Å². The Balaban J connectivity index is 1.62. The zero-order valence-corrected chi connectivity index (χ0v) is 11.9. The van der Waals surface area contributed by atoms with E-state index in [2.05, 4.69) is 20.6 Å². The SMILES string of the molecule is CC(C(=O)NCc1n[nH]c2c1CCC2)n1cc(Cl)cn1. The van der Waals surface area contributed by atoms with E-state index in [1.54, 1.807) is 17.8 Å². The first-order valence-electron chi connectivity index (χ1n) is 6.67. The molecule has 0 spiro atoms. The van der Waals surface area contributed by atoms with Crippen molar-refractivity contribution in [2.24, 2.45) is 0 Å². The number of carbonyl (C=O) groups excluding carboxylic acids is 1. The van der Waals surface area contributed by atoms with Crippen LogP contribution in [0.1, 0.15) is 36.3 Å². The number of nitrogens with zero attached hydrogens (tertiary/aromatic N) is 3. The van der Waals surface area contributed by atoms with Gasteiger partial charge in [-0.1, -0.05) is 11.6 Å². The summed E-state index contributed by atoms with van der Waals surface area (Å²) in [5.41, 5.74) is 3.41. The Kier molecular flexibility index (Phi) is 3.48. The molecule has 1 aliphatic carbocycles. The zero-order valence-electron chi connectivity index (χ0n) is 11.2. The van der Waals surface area contributed by atoms with Crippen molar-refractivity contribution in [1.82, 2.24) is 25.3 Å². The van der Waals surface area contributed by atoms with Crippen LogP contribution in [-0.4, -0.2) is 25.9 Å². The minimum absolute atomic E-state index is 0.0977. The lowest BCUT2D eigenvalue weighted by Crippen LogP contribution is -2.31. The van der Waals surface area contributed by atoms with Crippen LogP contribution in [0.25, 0.3) is 0 Å². The van der Waals surface area contributed by atoms with E-state index in [1.807, 2.05) is 0 Å². The summed E-state index contributed by atoms with van der Waals surface area (Å²) in [4.78, 5) is 12.1. The Morgan fingerprint density at radius 2 is 2.45 bits per heavy atom. The number of carbonyl (C=O) groups is 1. The molecule has 1 aliphatic rings. The Morgan fingerprint density at radius 1 is 1.60 bits per heavy atom. The molecule has 7 heteroatoms. The van der Waals surface area contributed by atoms with Crippen LogP contribution in [0.2, 0.25) is 5.02 Å². The Bertz CT molecular complexity index is 632. The molecule has 0 aromatic carbocycles. The third kappa shape index (κ3) is 2.43. The summed E-state index contributed by atoms with van der Waals surface area (Å²) in [6, 6.07) is -0.394. The van der Waals surface area contributed by atoms with E-state index in [-0.39, 0.29) is 5.91 Å². The first-order chi connectivity index (χ1) is 9.65. The number of aromatic nitrogens is 4.